The third-order valence-electron chi connectivity index (χ3n) is 2.83. The highest BCUT2D eigenvalue weighted by Crippen LogP contribution is 2.16. The van der Waals surface area contributed by atoms with Gasteiger partial charge in [-0.15, -0.1) is 0 Å². The van der Waals surface area contributed by atoms with Crippen LogP contribution in [-0.4, -0.2) is 10.6 Å². The number of Topliss-reactive ketones (excluding diaryl/α,β-unsaturated/α-hetero) is 1. The molecule has 0 fully saturated rings. The minimum Gasteiger partial charge on any atom is -0.298 e. The largest absolute Gasteiger partial charge is 0.298 e. The minimum atomic E-state index is -0.0328. The van der Waals surface area contributed by atoms with Crippen molar-refractivity contribution in [3.05, 3.63) is 34.9 Å². The lowest BCUT2D eigenvalue weighted by atomic mass is 10.0. The van der Waals surface area contributed by atoms with Crippen LogP contribution in [0.2, 0.25) is 0 Å². The summed E-state index contributed by atoms with van der Waals surface area (Å²) < 4.78 is 0. The van der Waals surface area contributed by atoms with E-state index in [9.17, 15) is 4.79 Å². The normalized spacial score (nSPS) is 12.5. The quantitative estimate of drug-likeness (QED) is 0.747. The fourth-order valence-corrected chi connectivity index (χ4v) is 2.26. The third-order valence-corrected chi connectivity index (χ3v) is 3.67. The number of rotatable bonds is 5. The van der Waals surface area contributed by atoms with Crippen LogP contribution in [0.3, 0.4) is 0 Å². The van der Waals surface area contributed by atoms with Crippen LogP contribution in [0.15, 0.2) is 18.2 Å². The zero-order valence-corrected chi connectivity index (χ0v) is 11.8. The van der Waals surface area contributed by atoms with Crippen molar-refractivity contribution in [2.45, 2.75) is 44.9 Å². The molecule has 0 aromatic heterocycles. The molecule has 1 unspecified atom stereocenters. The van der Waals surface area contributed by atoms with Gasteiger partial charge >= 0.3 is 0 Å². The molecule has 16 heavy (non-hydrogen) atoms. The van der Waals surface area contributed by atoms with Crippen LogP contribution in [-0.2, 0) is 11.2 Å². The Balaban J connectivity index is 2.66. The van der Waals surface area contributed by atoms with Gasteiger partial charge in [-0.25, -0.2) is 0 Å². The summed E-state index contributed by atoms with van der Waals surface area (Å²) in [4.78, 5) is 11.6. The number of ketones is 1. The highest BCUT2D eigenvalue weighted by Gasteiger charge is 2.14. The fourth-order valence-electron chi connectivity index (χ4n) is 1.65. The van der Waals surface area contributed by atoms with Gasteiger partial charge in [0.2, 0.25) is 0 Å². The van der Waals surface area contributed by atoms with E-state index in [1.807, 2.05) is 6.92 Å². The van der Waals surface area contributed by atoms with Gasteiger partial charge in [0.05, 0.1) is 4.83 Å². The number of carbonyl (C=O) groups is 1. The molecule has 0 bridgehead atoms. The molecule has 0 saturated carbocycles. The molecule has 0 amide bonds. The van der Waals surface area contributed by atoms with Crippen LogP contribution < -0.4 is 0 Å². The second kappa shape index (κ2) is 6.19. The fraction of sp³-hybridized carbons (Fsp3) is 0.500. The van der Waals surface area contributed by atoms with Crippen molar-refractivity contribution < 1.29 is 4.79 Å². The Morgan fingerprint density at radius 1 is 1.31 bits per heavy atom. The SMILES string of the molecule is CCCC(=O)C(Br)Cc1ccc(C)c(C)c1. The molecule has 1 aromatic rings. The van der Waals surface area contributed by atoms with Crippen LogP contribution in [0.5, 0.6) is 0 Å². The lowest BCUT2D eigenvalue weighted by Gasteiger charge is -2.10. The molecule has 0 aliphatic rings. The molecule has 0 aliphatic heterocycles. The van der Waals surface area contributed by atoms with Crippen molar-refractivity contribution in [2.75, 3.05) is 0 Å². The van der Waals surface area contributed by atoms with Crippen LogP contribution in [0.1, 0.15) is 36.5 Å². The minimum absolute atomic E-state index is 0.0328. The maximum absolute atomic E-state index is 11.7. The number of halogens is 1. The molecule has 0 radical (unpaired) electrons. The molecular formula is C14H19BrO. The summed E-state index contributed by atoms with van der Waals surface area (Å²) in [5.41, 5.74) is 3.82. The molecule has 0 spiro atoms. The molecular weight excluding hydrogens is 264 g/mol. The van der Waals surface area contributed by atoms with Crippen LogP contribution in [0.25, 0.3) is 0 Å². The summed E-state index contributed by atoms with van der Waals surface area (Å²) in [6.45, 7) is 6.25. The van der Waals surface area contributed by atoms with Gasteiger partial charge in [-0.2, -0.15) is 0 Å². The Kier molecular flexibility index (Phi) is 5.20. The Hall–Kier alpha value is -0.630. The van der Waals surface area contributed by atoms with E-state index in [0.717, 1.165) is 12.8 Å². The van der Waals surface area contributed by atoms with Crippen molar-refractivity contribution in [1.29, 1.82) is 0 Å². The Morgan fingerprint density at radius 3 is 2.56 bits per heavy atom. The molecule has 1 rings (SSSR count). The second-order valence-corrected chi connectivity index (χ2v) is 5.41. The summed E-state index contributed by atoms with van der Waals surface area (Å²) in [7, 11) is 0. The average molecular weight is 283 g/mol. The number of aryl methyl sites for hydroxylation is 2. The predicted molar refractivity (Wildman–Crippen MR) is 72.3 cm³/mol. The Morgan fingerprint density at radius 2 is 2.00 bits per heavy atom. The summed E-state index contributed by atoms with van der Waals surface area (Å²) in [6.07, 6.45) is 2.38. The number of alkyl halides is 1. The van der Waals surface area contributed by atoms with Gasteiger partial charge in [-0.05, 0) is 43.4 Å². The van der Waals surface area contributed by atoms with E-state index in [4.69, 9.17) is 0 Å². The average Bonchev–Trinajstić information content (AvgIpc) is 2.24. The highest BCUT2D eigenvalue weighted by atomic mass is 79.9. The number of carbonyl (C=O) groups excluding carboxylic acids is 1. The lowest BCUT2D eigenvalue weighted by Crippen LogP contribution is -2.16. The van der Waals surface area contributed by atoms with Gasteiger partial charge in [0, 0.05) is 6.42 Å². The lowest BCUT2D eigenvalue weighted by molar-refractivity contribution is -0.118. The monoisotopic (exact) mass is 282 g/mol. The maximum Gasteiger partial charge on any atom is 0.146 e. The number of benzene rings is 1. The van der Waals surface area contributed by atoms with Crippen LogP contribution in [0.4, 0.5) is 0 Å². The zero-order valence-electron chi connectivity index (χ0n) is 10.2. The molecule has 0 N–H and O–H groups in total. The van der Waals surface area contributed by atoms with E-state index >= 15 is 0 Å². The maximum atomic E-state index is 11.7. The summed E-state index contributed by atoms with van der Waals surface area (Å²) in [5.74, 6) is 0.306. The van der Waals surface area contributed by atoms with Crippen molar-refractivity contribution in [1.82, 2.24) is 0 Å². The smallest absolute Gasteiger partial charge is 0.146 e. The molecule has 0 saturated heterocycles. The second-order valence-electron chi connectivity index (χ2n) is 4.31. The molecule has 2 heteroatoms. The third kappa shape index (κ3) is 3.75. The van der Waals surface area contributed by atoms with Crippen molar-refractivity contribution in [3.8, 4) is 0 Å². The van der Waals surface area contributed by atoms with Gasteiger partial charge in [-0.1, -0.05) is 41.1 Å². The van der Waals surface area contributed by atoms with E-state index in [0.29, 0.717) is 12.2 Å². The summed E-state index contributed by atoms with van der Waals surface area (Å²) >= 11 is 3.47. The Labute approximate surface area is 106 Å². The first-order chi connectivity index (χ1) is 7.54. The van der Waals surface area contributed by atoms with Gasteiger partial charge in [0.1, 0.15) is 5.78 Å². The van der Waals surface area contributed by atoms with E-state index in [-0.39, 0.29) is 4.83 Å². The molecule has 1 atom stereocenters. The summed E-state index contributed by atoms with van der Waals surface area (Å²) in [6, 6.07) is 6.40. The molecule has 88 valence electrons. The van der Waals surface area contributed by atoms with Crippen molar-refractivity contribution in [3.63, 3.8) is 0 Å². The van der Waals surface area contributed by atoms with E-state index in [2.05, 4.69) is 48.0 Å². The first kappa shape index (κ1) is 13.4. The van der Waals surface area contributed by atoms with Gasteiger partial charge in [-0.3, -0.25) is 4.79 Å². The van der Waals surface area contributed by atoms with Gasteiger partial charge < -0.3 is 0 Å². The van der Waals surface area contributed by atoms with E-state index in [1.165, 1.54) is 16.7 Å². The van der Waals surface area contributed by atoms with E-state index in [1.54, 1.807) is 0 Å². The Bertz CT molecular complexity index is 371. The molecule has 1 aromatic carbocycles. The summed E-state index contributed by atoms with van der Waals surface area (Å²) in [5, 5.41) is 0. The number of hydrogen-bond donors (Lipinski definition) is 0. The number of hydrogen-bond acceptors (Lipinski definition) is 1. The molecule has 0 aliphatic carbocycles. The first-order valence-corrected chi connectivity index (χ1v) is 6.69. The topological polar surface area (TPSA) is 17.1 Å². The van der Waals surface area contributed by atoms with E-state index < -0.39 is 0 Å². The van der Waals surface area contributed by atoms with Gasteiger partial charge in [0.15, 0.2) is 0 Å². The zero-order chi connectivity index (χ0) is 12.1. The van der Waals surface area contributed by atoms with Crippen molar-refractivity contribution >= 4 is 21.7 Å². The predicted octanol–water partition coefficient (Wildman–Crippen LogP) is 3.98. The van der Waals surface area contributed by atoms with Crippen molar-refractivity contribution in [2.24, 2.45) is 0 Å². The van der Waals surface area contributed by atoms with Gasteiger partial charge in [0.25, 0.3) is 0 Å². The molecule has 0 heterocycles. The van der Waals surface area contributed by atoms with Crippen LogP contribution in [0, 0.1) is 13.8 Å². The van der Waals surface area contributed by atoms with Crippen LogP contribution >= 0.6 is 15.9 Å². The first-order valence-electron chi connectivity index (χ1n) is 5.77. The molecule has 1 nitrogen and oxygen atoms in total. The highest BCUT2D eigenvalue weighted by molar-refractivity contribution is 9.10. The standard InChI is InChI=1S/C14H19BrO/c1-4-5-14(16)13(15)9-12-7-6-10(2)11(3)8-12/h6-8,13H,4-5,9H2,1-3H3.